The molecule has 5 nitrogen and oxygen atoms in total. The summed E-state index contributed by atoms with van der Waals surface area (Å²) < 4.78 is 5.62. The van der Waals surface area contributed by atoms with Crippen LogP contribution in [0.3, 0.4) is 0 Å². The zero-order chi connectivity index (χ0) is 13.5. The Balaban J connectivity index is 0.00000200. The Bertz CT molecular complexity index is 408. The van der Waals surface area contributed by atoms with Crippen molar-refractivity contribution in [1.82, 2.24) is 10.3 Å². The summed E-state index contributed by atoms with van der Waals surface area (Å²) in [5.74, 6) is -0.102. The molecule has 1 aromatic rings. The van der Waals surface area contributed by atoms with E-state index in [9.17, 15) is 4.79 Å². The van der Waals surface area contributed by atoms with E-state index in [-0.39, 0.29) is 18.3 Å². The molecule has 0 spiro atoms. The minimum absolute atomic E-state index is 0. The maximum atomic E-state index is 11.9. The average Bonchev–Trinajstić information content (AvgIpc) is 2.89. The van der Waals surface area contributed by atoms with E-state index in [0.717, 1.165) is 37.3 Å². The van der Waals surface area contributed by atoms with Gasteiger partial charge in [0, 0.05) is 25.0 Å². The van der Waals surface area contributed by atoms with E-state index in [4.69, 9.17) is 10.5 Å². The molecule has 114 valence electrons. The number of thiazole rings is 1. The minimum Gasteiger partial charge on any atom is -0.378 e. The standard InChI is InChI=1S/C13H21N3O2S.ClH/c14-6-4-12-16-11(9-19-12)13(17)15-7-5-10-3-1-2-8-18-10;/h9-10H,1-8,14H2,(H,15,17);1H. The molecule has 1 amide bonds. The Labute approximate surface area is 129 Å². The number of nitrogens with one attached hydrogen (secondary N) is 1. The number of nitrogens with two attached hydrogens (primary N) is 1. The third-order valence-corrected chi connectivity index (χ3v) is 4.08. The molecule has 2 rings (SSSR count). The third kappa shape index (κ3) is 5.36. The van der Waals surface area contributed by atoms with Gasteiger partial charge in [-0.2, -0.15) is 0 Å². The highest BCUT2D eigenvalue weighted by molar-refractivity contribution is 7.09. The predicted octanol–water partition coefficient (Wildman–Crippen LogP) is 1.76. The van der Waals surface area contributed by atoms with Crippen molar-refractivity contribution in [3.8, 4) is 0 Å². The first-order chi connectivity index (χ1) is 9.29. The summed E-state index contributed by atoms with van der Waals surface area (Å²) in [5, 5.41) is 5.60. The van der Waals surface area contributed by atoms with Gasteiger partial charge in [-0.25, -0.2) is 4.98 Å². The van der Waals surface area contributed by atoms with Crippen molar-refractivity contribution in [2.75, 3.05) is 19.7 Å². The molecule has 0 aliphatic carbocycles. The highest BCUT2D eigenvalue weighted by atomic mass is 35.5. The summed E-state index contributed by atoms with van der Waals surface area (Å²) in [6.07, 6.45) is 5.41. The van der Waals surface area contributed by atoms with Gasteiger partial charge >= 0.3 is 0 Å². The Hall–Kier alpha value is -0.690. The highest BCUT2D eigenvalue weighted by Gasteiger charge is 2.15. The Morgan fingerprint density at radius 2 is 2.40 bits per heavy atom. The van der Waals surface area contributed by atoms with E-state index < -0.39 is 0 Å². The molecule has 1 atom stereocenters. The lowest BCUT2D eigenvalue weighted by molar-refractivity contribution is 0.0117. The number of halogens is 1. The summed E-state index contributed by atoms with van der Waals surface area (Å²) in [6, 6.07) is 0. The minimum atomic E-state index is -0.102. The molecule has 0 bridgehead atoms. The van der Waals surface area contributed by atoms with E-state index in [1.54, 1.807) is 5.38 Å². The molecule has 1 aliphatic heterocycles. The second-order valence-corrected chi connectivity index (χ2v) is 5.64. The molecule has 1 aliphatic rings. The highest BCUT2D eigenvalue weighted by Crippen LogP contribution is 2.15. The summed E-state index contributed by atoms with van der Waals surface area (Å²) in [7, 11) is 0. The lowest BCUT2D eigenvalue weighted by Crippen LogP contribution is -2.29. The number of carbonyl (C=O) groups excluding carboxylic acids is 1. The van der Waals surface area contributed by atoms with Crippen molar-refractivity contribution in [3.05, 3.63) is 16.1 Å². The number of hydrogen-bond acceptors (Lipinski definition) is 5. The molecule has 1 aromatic heterocycles. The van der Waals surface area contributed by atoms with Gasteiger partial charge in [0.25, 0.3) is 5.91 Å². The quantitative estimate of drug-likeness (QED) is 0.837. The molecule has 1 unspecified atom stereocenters. The van der Waals surface area contributed by atoms with Crippen LogP contribution < -0.4 is 11.1 Å². The van der Waals surface area contributed by atoms with Crippen LogP contribution in [-0.2, 0) is 11.2 Å². The average molecular weight is 320 g/mol. The summed E-state index contributed by atoms with van der Waals surface area (Å²) in [4.78, 5) is 16.1. The number of ether oxygens (including phenoxy) is 1. The summed E-state index contributed by atoms with van der Waals surface area (Å²) in [6.45, 7) is 2.06. The van der Waals surface area contributed by atoms with E-state index in [0.29, 0.717) is 24.9 Å². The van der Waals surface area contributed by atoms with Crippen LogP contribution in [0.25, 0.3) is 0 Å². The topological polar surface area (TPSA) is 77.2 Å². The van der Waals surface area contributed by atoms with Crippen LogP contribution in [0.15, 0.2) is 5.38 Å². The van der Waals surface area contributed by atoms with Crippen molar-refractivity contribution in [1.29, 1.82) is 0 Å². The lowest BCUT2D eigenvalue weighted by atomic mass is 10.1. The SMILES string of the molecule is Cl.NCCc1nc(C(=O)NCCC2CCCCO2)cs1. The van der Waals surface area contributed by atoms with Crippen LogP contribution in [0, 0.1) is 0 Å². The van der Waals surface area contributed by atoms with Crippen molar-refractivity contribution < 1.29 is 9.53 Å². The van der Waals surface area contributed by atoms with E-state index in [1.165, 1.54) is 17.8 Å². The fourth-order valence-electron chi connectivity index (χ4n) is 2.13. The molecule has 20 heavy (non-hydrogen) atoms. The molecule has 0 radical (unpaired) electrons. The van der Waals surface area contributed by atoms with Gasteiger partial charge in [0.15, 0.2) is 0 Å². The van der Waals surface area contributed by atoms with Gasteiger partial charge in [-0.3, -0.25) is 4.79 Å². The smallest absolute Gasteiger partial charge is 0.270 e. The molecule has 7 heteroatoms. The second kappa shape index (κ2) is 9.28. The lowest BCUT2D eigenvalue weighted by Gasteiger charge is -2.22. The first-order valence-corrected chi connectivity index (χ1v) is 7.72. The zero-order valence-electron chi connectivity index (χ0n) is 11.5. The zero-order valence-corrected chi connectivity index (χ0v) is 13.1. The predicted molar refractivity (Wildman–Crippen MR) is 82.7 cm³/mol. The normalized spacial score (nSPS) is 18.4. The van der Waals surface area contributed by atoms with Gasteiger partial charge in [0.2, 0.25) is 0 Å². The van der Waals surface area contributed by atoms with Crippen molar-refractivity contribution in [2.45, 2.75) is 38.2 Å². The molecule has 0 saturated carbocycles. The first kappa shape index (κ1) is 17.4. The molecule has 3 N–H and O–H groups in total. The Morgan fingerprint density at radius 1 is 1.55 bits per heavy atom. The van der Waals surface area contributed by atoms with Crippen LogP contribution in [-0.4, -0.2) is 36.7 Å². The van der Waals surface area contributed by atoms with Gasteiger partial charge in [0.05, 0.1) is 11.1 Å². The van der Waals surface area contributed by atoms with Crippen molar-refractivity contribution in [2.24, 2.45) is 5.73 Å². The summed E-state index contributed by atoms with van der Waals surface area (Å²) >= 11 is 1.49. The Kier molecular flexibility index (Phi) is 8.06. The monoisotopic (exact) mass is 319 g/mol. The number of carbonyl (C=O) groups is 1. The van der Waals surface area contributed by atoms with Crippen molar-refractivity contribution in [3.63, 3.8) is 0 Å². The molecule has 1 saturated heterocycles. The molecule has 2 heterocycles. The van der Waals surface area contributed by atoms with Crippen molar-refractivity contribution >= 4 is 29.7 Å². The number of rotatable bonds is 6. The van der Waals surface area contributed by atoms with Gasteiger partial charge < -0.3 is 15.8 Å². The third-order valence-electron chi connectivity index (χ3n) is 3.17. The maximum absolute atomic E-state index is 11.9. The Morgan fingerprint density at radius 3 is 3.10 bits per heavy atom. The van der Waals surface area contributed by atoms with E-state index in [1.807, 2.05) is 0 Å². The second-order valence-electron chi connectivity index (χ2n) is 4.70. The molecular weight excluding hydrogens is 298 g/mol. The fourth-order valence-corrected chi connectivity index (χ4v) is 2.92. The van der Waals surface area contributed by atoms with Crippen LogP contribution in [0.4, 0.5) is 0 Å². The molecule has 1 fully saturated rings. The summed E-state index contributed by atoms with van der Waals surface area (Å²) in [5.41, 5.74) is 5.96. The van der Waals surface area contributed by atoms with Gasteiger partial charge in [-0.05, 0) is 32.2 Å². The van der Waals surface area contributed by atoms with Crippen LogP contribution in [0.2, 0.25) is 0 Å². The van der Waals surface area contributed by atoms with E-state index >= 15 is 0 Å². The van der Waals surface area contributed by atoms with Gasteiger partial charge in [-0.15, -0.1) is 23.7 Å². The maximum Gasteiger partial charge on any atom is 0.270 e. The molecular formula is C13H22ClN3O2S. The van der Waals surface area contributed by atoms with Gasteiger partial charge in [0.1, 0.15) is 5.69 Å². The fraction of sp³-hybridized carbons (Fsp3) is 0.692. The first-order valence-electron chi connectivity index (χ1n) is 6.84. The molecule has 0 aromatic carbocycles. The largest absolute Gasteiger partial charge is 0.378 e. The number of hydrogen-bond donors (Lipinski definition) is 2. The van der Waals surface area contributed by atoms with Gasteiger partial charge in [-0.1, -0.05) is 0 Å². The van der Waals surface area contributed by atoms with Crippen LogP contribution >= 0.6 is 23.7 Å². The van der Waals surface area contributed by atoms with Crippen LogP contribution in [0.5, 0.6) is 0 Å². The number of nitrogens with zero attached hydrogens (tertiary/aromatic N) is 1. The number of aromatic nitrogens is 1. The van der Waals surface area contributed by atoms with Crippen LogP contribution in [0.1, 0.15) is 41.2 Å². The van der Waals surface area contributed by atoms with E-state index in [2.05, 4.69) is 10.3 Å². The number of amides is 1.